The van der Waals surface area contributed by atoms with Crippen LogP contribution in [0, 0.1) is 24.0 Å². The summed E-state index contributed by atoms with van der Waals surface area (Å²) in [5.41, 5.74) is 2.53. The van der Waals surface area contributed by atoms with Crippen LogP contribution < -0.4 is 4.74 Å². The first-order chi connectivity index (χ1) is 9.52. The van der Waals surface area contributed by atoms with Crippen LogP contribution in [0.25, 0.3) is 0 Å². The monoisotopic (exact) mass is 291 g/mol. The number of nitro benzene ring substituents is 1. The van der Waals surface area contributed by atoms with Gasteiger partial charge in [-0.05, 0) is 25.5 Å². The van der Waals surface area contributed by atoms with E-state index in [1.807, 2.05) is 19.1 Å². The Morgan fingerprint density at radius 2 is 2.00 bits per heavy atom. The first kappa shape index (κ1) is 14.3. The number of nitro groups is 1. The van der Waals surface area contributed by atoms with Gasteiger partial charge < -0.3 is 4.74 Å². The lowest BCUT2D eigenvalue weighted by atomic mass is 10.1. The molecule has 0 amide bonds. The first-order valence-electron chi connectivity index (χ1n) is 6.10. The van der Waals surface area contributed by atoms with Crippen LogP contribution in [0.5, 0.6) is 11.5 Å². The van der Waals surface area contributed by atoms with E-state index in [0.29, 0.717) is 11.3 Å². The Labute approximate surface area is 122 Å². The van der Waals surface area contributed by atoms with Crippen LogP contribution in [-0.4, -0.2) is 4.92 Å². The van der Waals surface area contributed by atoms with E-state index < -0.39 is 4.92 Å². The molecule has 0 N–H and O–H groups in total. The third-order valence-corrected chi connectivity index (χ3v) is 3.25. The van der Waals surface area contributed by atoms with Crippen LogP contribution >= 0.6 is 11.6 Å². The molecule has 0 atom stereocenters. The standard InChI is InChI=1S/C15H14ClNO3/c1-10-6-7-14(12(8-10)9-16)20-15-11(2)4-3-5-13(15)17(18)19/h3-8H,9H2,1-2H3. The van der Waals surface area contributed by atoms with Crippen LogP contribution in [-0.2, 0) is 5.88 Å². The predicted octanol–water partition coefficient (Wildman–Crippen LogP) is 4.74. The molecule has 2 rings (SSSR count). The van der Waals surface area contributed by atoms with E-state index in [-0.39, 0.29) is 17.3 Å². The Kier molecular flexibility index (Phi) is 4.25. The summed E-state index contributed by atoms with van der Waals surface area (Å²) in [6, 6.07) is 10.4. The number of benzene rings is 2. The second-order valence-corrected chi connectivity index (χ2v) is 4.79. The van der Waals surface area contributed by atoms with Crippen molar-refractivity contribution in [2.75, 3.05) is 0 Å². The quantitative estimate of drug-likeness (QED) is 0.464. The summed E-state index contributed by atoms with van der Waals surface area (Å²) in [6.45, 7) is 3.73. The van der Waals surface area contributed by atoms with Crippen LogP contribution in [0.3, 0.4) is 0 Å². The molecule has 0 aliphatic carbocycles. The Balaban J connectivity index is 2.47. The van der Waals surface area contributed by atoms with Gasteiger partial charge in [-0.15, -0.1) is 11.6 Å². The van der Waals surface area contributed by atoms with Crippen molar-refractivity contribution in [1.29, 1.82) is 0 Å². The molecule has 0 saturated heterocycles. The zero-order chi connectivity index (χ0) is 14.7. The zero-order valence-corrected chi connectivity index (χ0v) is 12.0. The van der Waals surface area contributed by atoms with Crippen molar-refractivity contribution >= 4 is 17.3 Å². The van der Waals surface area contributed by atoms with E-state index >= 15 is 0 Å². The summed E-state index contributed by atoms with van der Waals surface area (Å²) in [5.74, 6) is 1.09. The van der Waals surface area contributed by atoms with E-state index in [0.717, 1.165) is 11.1 Å². The Hall–Kier alpha value is -2.07. The van der Waals surface area contributed by atoms with Crippen molar-refractivity contribution in [2.45, 2.75) is 19.7 Å². The highest BCUT2D eigenvalue weighted by molar-refractivity contribution is 6.17. The minimum absolute atomic E-state index is 0.0499. The molecule has 0 heterocycles. The van der Waals surface area contributed by atoms with E-state index in [9.17, 15) is 10.1 Å². The molecule has 0 saturated carbocycles. The number of nitrogens with zero attached hydrogens (tertiary/aromatic N) is 1. The van der Waals surface area contributed by atoms with Crippen LogP contribution in [0.1, 0.15) is 16.7 Å². The van der Waals surface area contributed by atoms with Crippen molar-refractivity contribution in [1.82, 2.24) is 0 Å². The first-order valence-corrected chi connectivity index (χ1v) is 6.63. The van der Waals surface area contributed by atoms with Gasteiger partial charge in [-0.3, -0.25) is 10.1 Å². The van der Waals surface area contributed by atoms with Crippen molar-refractivity contribution < 1.29 is 9.66 Å². The Morgan fingerprint density at radius 3 is 2.65 bits per heavy atom. The van der Waals surface area contributed by atoms with Crippen LogP contribution in [0.15, 0.2) is 36.4 Å². The molecule has 0 spiro atoms. The molecule has 0 radical (unpaired) electrons. The number of rotatable bonds is 4. The molecule has 5 heteroatoms. The van der Waals surface area contributed by atoms with Crippen molar-refractivity contribution in [3.63, 3.8) is 0 Å². The fraction of sp³-hybridized carbons (Fsp3) is 0.200. The Morgan fingerprint density at radius 1 is 1.25 bits per heavy atom. The van der Waals surface area contributed by atoms with Gasteiger partial charge in [-0.25, -0.2) is 0 Å². The van der Waals surface area contributed by atoms with Gasteiger partial charge in [0.2, 0.25) is 5.75 Å². The lowest BCUT2D eigenvalue weighted by molar-refractivity contribution is -0.385. The van der Waals surface area contributed by atoms with Gasteiger partial charge in [-0.1, -0.05) is 29.8 Å². The summed E-state index contributed by atoms with van der Waals surface area (Å²) >= 11 is 5.90. The number of aryl methyl sites for hydroxylation is 2. The smallest absolute Gasteiger partial charge is 0.311 e. The van der Waals surface area contributed by atoms with Gasteiger partial charge in [0, 0.05) is 11.6 Å². The lowest BCUT2D eigenvalue weighted by Crippen LogP contribution is -1.97. The summed E-state index contributed by atoms with van der Waals surface area (Å²) in [7, 11) is 0. The van der Waals surface area contributed by atoms with Crippen LogP contribution in [0.2, 0.25) is 0 Å². The molecule has 4 nitrogen and oxygen atoms in total. The van der Waals surface area contributed by atoms with Gasteiger partial charge in [0.25, 0.3) is 0 Å². The van der Waals surface area contributed by atoms with Crippen molar-refractivity contribution in [3.05, 3.63) is 63.2 Å². The number of alkyl halides is 1. The minimum atomic E-state index is -0.448. The number of para-hydroxylation sites is 1. The van der Waals surface area contributed by atoms with Gasteiger partial charge in [0.1, 0.15) is 5.75 Å². The highest BCUT2D eigenvalue weighted by Crippen LogP contribution is 2.36. The molecule has 2 aromatic carbocycles. The number of halogens is 1. The second-order valence-electron chi connectivity index (χ2n) is 4.53. The molecule has 0 aliphatic heterocycles. The molecular weight excluding hydrogens is 278 g/mol. The fourth-order valence-corrected chi connectivity index (χ4v) is 2.14. The van der Waals surface area contributed by atoms with Gasteiger partial charge in [0.15, 0.2) is 0 Å². The summed E-state index contributed by atoms with van der Waals surface area (Å²) < 4.78 is 5.75. The van der Waals surface area contributed by atoms with Gasteiger partial charge in [0.05, 0.1) is 10.8 Å². The van der Waals surface area contributed by atoms with E-state index in [1.54, 1.807) is 25.1 Å². The summed E-state index contributed by atoms with van der Waals surface area (Å²) in [4.78, 5) is 10.6. The molecule has 2 aromatic rings. The largest absolute Gasteiger partial charge is 0.450 e. The predicted molar refractivity (Wildman–Crippen MR) is 78.6 cm³/mol. The molecular formula is C15H14ClNO3. The number of hydrogen-bond donors (Lipinski definition) is 0. The molecule has 104 valence electrons. The maximum Gasteiger partial charge on any atom is 0.311 e. The molecule has 0 fully saturated rings. The fourth-order valence-electron chi connectivity index (χ4n) is 1.94. The SMILES string of the molecule is Cc1ccc(Oc2c(C)cccc2[N+](=O)[O-])c(CCl)c1. The highest BCUT2D eigenvalue weighted by atomic mass is 35.5. The average Bonchev–Trinajstić information content (AvgIpc) is 2.42. The van der Waals surface area contributed by atoms with E-state index in [2.05, 4.69) is 0 Å². The minimum Gasteiger partial charge on any atom is -0.450 e. The number of hydrogen-bond acceptors (Lipinski definition) is 3. The maximum absolute atomic E-state index is 11.1. The molecule has 0 bridgehead atoms. The maximum atomic E-state index is 11.1. The molecule has 0 unspecified atom stereocenters. The van der Waals surface area contributed by atoms with Crippen LogP contribution in [0.4, 0.5) is 5.69 Å². The summed E-state index contributed by atoms with van der Waals surface area (Å²) in [5, 5.41) is 11.1. The van der Waals surface area contributed by atoms with E-state index in [4.69, 9.17) is 16.3 Å². The molecule has 0 aliphatic rings. The zero-order valence-electron chi connectivity index (χ0n) is 11.2. The van der Waals surface area contributed by atoms with Crippen molar-refractivity contribution in [2.24, 2.45) is 0 Å². The van der Waals surface area contributed by atoms with Crippen molar-refractivity contribution in [3.8, 4) is 11.5 Å². The lowest BCUT2D eigenvalue weighted by Gasteiger charge is -2.12. The number of ether oxygens (including phenoxy) is 1. The van der Waals surface area contributed by atoms with Gasteiger partial charge >= 0.3 is 5.69 Å². The second kappa shape index (κ2) is 5.92. The topological polar surface area (TPSA) is 52.4 Å². The molecule has 0 aromatic heterocycles. The third kappa shape index (κ3) is 2.91. The third-order valence-electron chi connectivity index (χ3n) is 2.96. The normalized spacial score (nSPS) is 10.3. The van der Waals surface area contributed by atoms with E-state index in [1.165, 1.54) is 6.07 Å². The van der Waals surface area contributed by atoms with Gasteiger partial charge in [-0.2, -0.15) is 0 Å². The Bertz CT molecular complexity index is 656. The average molecular weight is 292 g/mol. The summed E-state index contributed by atoms with van der Waals surface area (Å²) in [6.07, 6.45) is 0. The molecule has 20 heavy (non-hydrogen) atoms. The highest BCUT2D eigenvalue weighted by Gasteiger charge is 2.18.